The number of carbonyl (C=O) groups excluding carboxylic acids is 1. The summed E-state index contributed by atoms with van der Waals surface area (Å²) in [5.41, 5.74) is 2.56. The van der Waals surface area contributed by atoms with Crippen molar-refractivity contribution in [2.75, 3.05) is 13.1 Å². The van der Waals surface area contributed by atoms with Gasteiger partial charge >= 0.3 is 6.09 Å². The van der Waals surface area contributed by atoms with Gasteiger partial charge in [-0.3, -0.25) is 0 Å². The summed E-state index contributed by atoms with van der Waals surface area (Å²) in [6.07, 6.45) is 2.58. The Morgan fingerprint density at radius 1 is 1.16 bits per heavy atom. The van der Waals surface area contributed by atoms with E-state index in [1.54, 1.807) is 4.90 Å². The summed E-state index contributed by atoms with van der Waals surface area (Å²) in [5, 5.41) is 12.4. The van der Waals surface area contributed by atoms with E-state index in [1.165, 1.54) is 11.2 Å². The molecule has 0 unspecified atom stereocenters. The number of piperidine rings is 1. The van der Waals surface area contributed by atoms with Crippen molar-refractivity contribution in [2.45, 2.75) is 45.1 Å². The van der Waals surface area contributed by atoms with Gasteiger partial charge in [0.2, 0.25) is 5.58 Å². The Labute approximate surface area is 183 Å². The molecule has 1 aliphatic rings. The monoisotopic (exact) mass is 437 g/mol. The zero-order valence-electron chi connectivity index (χ0n) is 18.1. The molecule has 0 spiro atoms. The first kappa shape index (κ1) is 20.2. The molecule has 0 N–H and O–H groups in total. The number of aromatic nitrogens is 6. The Hall–Kier alpha value is -3.76. The minimum absolute atomic E-state index is 0.102. The molecule has 166 valence electrons. The number of hydrogen-bond acceptors (Lipinski definition) is 9. The Bertz CT molecular complexity index is 1270. The average molecular weight is 437 g/mol. The summed E-state index contributed by atoms with van der Waals surface area (Å²) < 4.78 is 11.0. The van der Waals surface area contributed by atoms with Crippen molar-refractivity contribution < 1.29 is 18.9 Å². The number of para-hydroxylation sites is 1. The predicted octanol–water partition coefficient (Wildman–Crippen LogP) is 3.32. The van der Waals surface area contributed by atoms with Gasteiger partial charge in [0, 0.05) is 19.0 Å². The lowest BCUT2D eigenvalue weighted by atomic mass is 9.93. The van der Waals surface area contributed by atoms with Crippen molar-refractivity contribution >= 4 is 28.2 Å². The van der Waals surface area contributed by atoms with E-state index in [1.807, 2.05) is 45.0 Å². The molecule has 1 saturated heterocycles. The van der Waals surface area contributed by atoms with Crippen LogP contribution in [0.3, 0.4) is 0 Å². The molecule has 1 amide bonds. The molecular weight excluding hydrogens is 414 g/mol. The molecule has 0 saturated carbocycles. The van der Waals surface area contributed by atoms with Crippen molar-refractivity contribution in [3.63, 3.8) is 0 Å². The number of nitrogens with zero attached hydrogens (tertiary/aromatic N) is 7. The lowest BCUT2D eigenvalue weighted by Crippen LogP contribution is -2.41. The van der Waals surface area contributed by atoms with Crippen LogP contribution in [0.4, 0.5) is 4.79 Å². The molecule has 1 aliphatic heterocycles. The fourth-order valence-corrected chi connectivity index (χ4v) is 3.75. The molecule has 4 heterocycles. The highest BCUT2D eigenvalue weighted by Crippen LogP contribution is 2.34. The maximum Gasteiger partial charge on any atom is 0.410 e. The third-order valence-corrected chi connectivity index (χ3v) is 5.28. The maximum absolute atomic E-state index is 12.3. The maximum atomic E-state index is 12.3. The van der Waals surface area contributed by atoms with Gasteiger partial charge in [0.1, 0.15) is 34.2 Å². The van der Waals surface area contributed by atoms with Gasteiger partial charge in [0.25, 0.3) is 5.88 Å². The van der Waals surface area contributed by atoms with E-state index in [-0.39, 0.29) is 17.9 Å². The summed E-state index contributed by atoms with van der Waals surface area (Å²) in [6, 6.07) is 7.43. The van der Waals surface area contributed by atoms with E-state index in [2.05, 4.69) is 25.4 Å². The predicted molar refractivity (Wildman–Crippen MR) is 113 cm³/mol. The fraction of sp³-hybridized carbons (Fsp3) is 0.429. The van der Waals surface area contributed by atoms with Crippen LogP contribution >= 0.6 is 0 Å². The van der Waals surface area contributed by atoms with Crippen LogP contribution in [0.25, 0.3) is 22.1 Å². The highest BCUT2D eigenvalue weighted by Gasteiger charge is 2.31. The Kier molecular flexibility index (Phi) is 4.87. The second-order valence-corrected chi connectivity index (χ2v) is 8.71. The van der Waals surface area contributed by atoms with Crippen LogP contribution in [0.5, 0.6) is 5.88 Å². The van der Waals surface area contributed by atoms with Crippen LogP contribution in [0.1, 0.15) is 45.2 Å². The van der Waals surface area contributed by atoms with Crippen molar-refractivity contribution in [1.29, 1.82) is 0 Å². The number of benzene rings is 1. The zero-order chi connectivity index (χ0) is 22.3. The SMILES string of the molecule is CC(C)(C)OC(=O)N1CCC(c2noc3c(On4nnc5ccccc54)ncnc23)CC1. The largest absolute Gasteiger partial charge is 0.444 e. The summed E-state index contributed by atoms with van der Waals surface area (Å²) in [5.74, 6) is 0.306. The second kappa shape index (κ2) is 7.74. The van der Waals surface area contributed by atoms with Crippen molar-refractivity contribution in [1.82, 2.24) is 35.2 Å². The Balaban J connectivity index is 1.34. The van der Waals surface area contributed by atoms with Gasteiger partial charge in [-0.25, -0.2) is 9.78 Å². The van der Waals surface area contributed by atoms with Crippen molar-refractivity contribution in [3.8, 4) is 5.88 Å². The van der Waals surface area contributed by atoms with E-state index in [0.29, 0.717) is 35.2 Å². The number of fused-ring (bicyclic) bond motifs is 2. The quantitative estimate of drug-likeness (QED) is 0.475. The topological polar surface area (TPSA) is 121 Å². The first-order chi connectivity index (χ1) is 15.4. The molecule has 0 bridgehead atoms. The van der Waals surface area contributed by atoms with E-state index in [9.17, 15) is 4.79 Å². The number of carbonyl (C=O) groups is 1. The molecule has 0 atom stereocenters. The van der Waals surface area contributed by atoms with Crippen LogP contribution in [0, 0.1) is 0 Å². The van der Waals surface area contributed by atoms with Crippen LogP contribution in [0.15, 0.2) is 35.1 Å². The molecule has 11 nitrogen and oxygen atoms in total. The minimum Gasteiger partial charge on any atom is -0.444 e. The summed E-state index contributed by atoms with van der Waals surface area (Å²) in [4.78, 5) is 29.7. The first-order valence-electron chi connectivity index (χ1n) is 10.5. The molecule has 32 heavy (non-hydrogen) atoms. The van der Waals surface area contributed by atoms with E-state index < -0.39 is 5.60 Å². The van der Waals surface area contributed by atoms with Crippen molar-refractivity contribution in [3.05, 3.63) is 36.3 Å². The van der Waals surface area contributed by atoms with Gasteiger partial charge < -0.3 is 19.0 Å². The van der Waals surface area contributed by atoms with Gasteiger partial charge in [-0.15, -0.1) is 5.10 Å². The number of rotatable bonds is 3. The van der Waals surface area contributed by atoms with E-state index in [4.69, 9.17) is 14.1 Å². The lowest BCUT2D eigenvalue weighted by Gasteiger charge is -2.32. The number of likely N-dealkylation sites (tertiary alicyclic amines) is 1. The zero-order valence-corrected chi connectivity index (χ0v) is 18.1. The smallest absolute Gasteiger partial charge is 0.410 e. The van der Waals surface area contributed by atoms with E-state index in [0.717, 1.165) is 18.5 Å². The van der Waals surface area contributed by atoms with Crippen LogP contribution in [0.2, 0.25) is 0 Å². The van der Waals surface area contributed by atoms with Gasteiger partial charge in [0.15, 0.2) is 0 Å². The molecule has 5 rings (SSSR count). The van der Waals surface area contributed by atoms with Crippen LogP contribution < -0.4 is 4.84 Å². The van der Waals surface area contributed by atoms with Gasteiger partial charge in [-0.1, -0.05) is 22.1 Å². The van der Waals surface area contributed by atoms with Crippen molar-refractivity contribution in [2.24, 2.45) is 0 Å². The molecule has 3 aromatic heterocycles. The minimum atomic E-state index is -0.515. The number of amides is 1. The fourth-order valence-electron chi connectivity index (χ4n) is 3.75. The van der Waals surface area contributed by atoms with E-state index >= 15 is 0 Å². The normalized spacial score (nSPS) is 15.4. The number of ether oxygens (including phenoxy) is 1. The van der Waals surface area contributed by atoms with Gasteiger partial charge in [0.05, 0.1) is 0 Å². The Morgan fingerprint density at radius 2 is 1.94 bits per heavy atom. The molecular formula is C21H23N7O4. The summed E-state index contributed by atoms with van der Waals surface area (Å²) in [7, 11) is 0. The molecule has 11 heteroatoms. The summed E-state index contributed by atoms with van der Waals surface area (Å²) >= 11 is 0. The van der Waals surface area contributed by atoms with Crippen LogP contribution in [-0.2, 0) is 4.74 Å². The average Bonchev–Trinajstić information content (AvgIpc) is 3.38. The first-order valence-corrected chi connectivity index (χ1v) is 10.5. The lowest BCUT2D eigenvalue weighted by molar-refractivity contribution is 0.0204. The molecule has 0 aliphatic carbocycles. The highest BCUT2D eigenvalue weighted by atomic mass is 16.7. The highest BCUT2D eigenvalue weighted by molar-refractivity contribution is 5.80. The van der Waals surface area contributed by atoms with Gasteiger partial charge in [-0.05, 0) is 51.0 Å². The molecule has 4 aromatic rings. The second-order valence-electron chi connectivity index (χ2n) is 8.71. The molecule has 1 fully saturated rings. The summed E-state index contributed by atoms with van der Waals surface area (Å²) in [6.45, 7) is 6.74. The number of hydrogen-bond donors (Lipinski definition) is 0. The molecule has 1 aromatic carbocycles. The molecule has 0 radical (unpaired) electrons. The third kappa shape index (κ3) is 3.81. The standard InChI is InChI=1S/C21H23N7O4/c1-21(2,3)30-20(29)27-10-8-13(9-11-27)16-17-18(31-25-16)19(23-12-22-17)32-28-15-7-5-4-6-14(15)24-26-28/h4-7,12-13H,8-11H2,1-3H3. The van der Waals surface area contributed by atoms with Crippen LogP contribution in [-0.4, -0.2) is 60.0 Å². The third-order valence-electron chi connectivity index (χ3n) is 5.28. The van der Waals surface area contributed by atoms with Gasteiger partial charge in [-0.2, -0.15) is 4.98 Å². The Morgan fingerprint density at radius 3 is 2.72 bits per heavy atom.